The molecule has 36 heavy (non-hydrogen) atoms. The Bertz CT molecular complexity index is 1450. The van der Waals surface area contributed by atoms with Gasteiger partial charge in [-0.2, -0.15) is 0 Å². The van der Waals surface area contributed by atoms with E-state index in [-0.39, 0.29) is 10.6 Å². The van der Waals surface area contributed by atoms with Gasteiger partial charge in [-0.3, -0.25) is 9.10 Å². The Kier molecular flexibility index (Phi) is 8.35. The van der Waals surface area contributed by atoms with Crippen molar-refractivity contribution in [3.63, 3.8) is 0 Å². The minimum Gasteiger partial charge on any atom is -0.323 e. The zero-order valence-corrected chi connectivity index (χ0v) is 21.7. The number of para-hydroxylation sites is 1. The number of anilines is 2. The van der Waals surface area contributed by atoms with Crippen LogP contribution in [0.5, 0.6) is 0 Å². The molecule has 1 amide bonds. The summed E-state index contributed by atoms with van der Waals surface area (Å²) in [7, 11) is -4.15. The lowest BCUT2D eigenvalue weighted by atomic mass is 10.3. The Morgan fingerprint density at radius 3 is 2.25 bits per heavy atom. The summed E-state index contributed by atoms with van der Waals surface area (Å²) in [6.07, 6.45) is 1.89. The Labute approximate surface area is 218 Å². The summed E-state index contributed by atoms with van der Waals surface area (Å²) in [5, 5.41) is 2.82. The van der Waals surface area contributed by atoms with E-state index in [1.54, 1.807) is 24.3 Å². The number of benzene rings is 4. The van der Waals surface area contributed by atoms with Gasteiger partial charge in [0.1, 0.15) is 12.4 Å². The van der Waals surface area contributed by atoms with Gasteiger partial charge in [-0.05, 0) is 73.0 Å². The molecule has 0 aromatic heterocycles. The number of nitrogens with one attached hydrogen (secondary N) is 1. The van der Waals surface area contributed by atoms with Crippen LogP contribution in [0.25, 0.3) is 0 Å². The van der Waals surface area contributed by atoms with Crippen LogP contribution < -0.4 is 9.62 Å². The standard InChI is InChI=1S/C27H23FN2O3S3/c1-34-22-14-16-24(17-15-22)36(32,33)30(21-9-7-8-20(28)18-21)19-27(31)29-25-12-5-6-13-26(25)35-23-10-3-2-4-11-23/h2-18H,19H2,1H3,(H,29,31). The number of sulfonamides is 1. The van der Waals surface area contributed by atoms with Gasteiger partial charge in [0.15, 0.2) is 0 Å². The van der Waals surface area contributed by atoms with Gasteiger partial charge in [-0.15, -0.1) is 11.8 Å². The smallest absolute Gasteiger partial charge is 0.264 e. The van der Waals surface area contributed by atoms with Gasteiger partial charge in [0.05, 0.1) is 16.3 Å². The predicted molar refractivity (Wildman–Crippen MR) is 145 cm³/mol. The highest BCUT2D eigenvalue weighted by Crippen LogP contribution is 2.33. The number of amides is 1. The van der Waals surface area contributed by atoms with E-state index >= 15 is 0 Å². The van der Waals surface area contributed by atoms with Crippen LogP contribution in [0.15, 0.2) is 123 Å². The van der Waals surface area contributed by atoms with E-state index < -0.39 is 28.3 Å². The van der Waals surface area contributed by atoms with Gasteiger partial charge >= 0.3 is 0 Å². The van der Waals surface area contributed by atoms with Crippen LogP contribution in [-0.4, -0.2) is 27.1 Å². The quantitative estimate of drug-likeness (QED) is 0.245. The van der Waals surface area contributed by atoms with Crippen LogP contribution in [0.1, 0.15) is 0 Å². The second-order valence-electron chi connectivity index (χ2n) is 7.63. The molecule has 0 heterocycles. The van der Waals surface area contributed by atoms with Gasteiger partial charge in [0.2, 0.25) is 5.91 Å². The highest BCUT2D eigenvalue weighted by atomic mass is 32.2. The van der Waals surface area contributed by atoms with Crippen molar-refractivity contribution in [1.82, 2.24) is 0 Å². The molecule has 0 saturated heterocycles. The number of carbonyl (C=O) groups is 1. The first-order chi connectivity index (χ1) is 17.4. The molecule has 0 spiro atoms. The summed E-state index contributed by atoms with van der Waals surface area (Å²) in [6, 6.07) is 28.5. The zero-order valence-electron chi connectivity index (χ0n) is 19.3. The first-order valence-electron chi connectivity index (χ1n) is 10.9. The zero-order chi connectivity index (χ0) is 25.5. The molecule has 0 radical (unpaired) electrons. The van der Waals surface area contributed by atoms with Crippen LogP contribution in [0.3, 0.4) is 0 Å². The number of hydrogen-bond donors (Lipinski definition) is 1. The fraction of sp³-hybridized carbons (Fsp3) is 0.0741. The normalized spacial score (nSPS) is 11.2. The molecule has 4 rings (SSSR count). The van der Waals surface area contributed by atoms with Crippen molar-refractivity contribution in [2.45, 2.75) is 19.6 Å². The summed E-state index contributed by atoms with van der Waals surface area (Å²) in [5.74, 6) is -1.15. The molecule has 0 bridgehead atoms. The molecule has 4 aromatic rings. The van der Waals surface area contributed by atoms with E-state index in [1.807, 2.05) is 48.7 Å². The van der Waals surface area contributed by atoms with Crippen molar-refractivity contribution in [2.24, 2.45) is 0 Å². The molecular formula is C27H23FN2O3S3. The molecule has 0 aliphatic heterocycles. The van der Waals surface area contributed by atoms with E-state index in [2.05, 4.69) is 5.32 Å². The molecule has 184 valence electrons. The van der Waals surface area contributed by atoms with E-state index in [0.29, 0.717) is 5.69 Å². The summed E-state index contributed by atoms with van der Waals surface area (Å²) in [4.78, 5) is 15.9. The second kappa shape index (κ2) is 11.6. The topological polar surface area (TPSA) is 66.5 Å². The van der Waals surface area contributed by atoms with Gasteiger partial charge < -0.3 is 5.32 Å². The third kappa shape index (κ3) is 6.29. The third-order valence-corrected chi connectivity index (χ3v) is 8.78. The maximum absolute atomic E-state index is 14.0. The number of carbonyl (C=O) groups excluding carboxylic acids is 1. The van der Waals surface area contributed by atoms with Crippen molar-refractivity contribution >= 4 is 50.8 Å². The molecule has 9 heteroatoms. The van der Waals surface area contributed by atoms with Crippen LogP contribution in [-0.2, 0) is 14.8 Å². The van der Waals surface area contributed by atoms with Crippen molar-refractivity contribution in [2.75, 3.05) is 22.4 Å². The first kappa shape index (κ1) is 25.8. The number of nitrogens with zero attached hydrogens (tertiary/aromatic N) is 1. The molecule has 0 fully saturated rings. The highest BCUT2D eigenvalue weighted by molar-refractivity contribution is 7.99. The summed E-state index contributed by atoms with van der Waals surface area (Å²) in [5.41, 5.74) is 0.614. The Morgan fingerprint density at radius 2 is 1.56 bits per heavy atom. The van der Waals surface area contributed by atoms with Gasteiger partial charge in [0, 0.05) is 14.7 Å². The number of hydrogen-bond acceptors (Lipinski definition) is 5. The Balaban J connectivity index is 1.62. The molecule has 0 aliphatic carbocycles. The minimum atomic E-state index is -4.15. The molecule has 0 atom stereocenters. The average Bonchev–Trinajstić information content (AvgIpc) is 2.89. The fourth-order valence-corrected chi connectivity index (χ4v) is 6.16. The molecular weight excluding hydrogens is 516 g/mol. The monoisotopic (exact) mass is 538 g/mol. The van der Waals surface area contributed by atoms with Crippen molar-refractivity contribution in [3.05, 3.63) is 109 Å². The average molecular weight is 539 g/mol. The Morgan fingerprint density at radius 1 is 0.861 bits per heavy atom. The van der Waals surface area contributed by atoms with E-state index in [4.69, 9.17) is 0 Å². The highest BCUT2D eigenvalue weighted by Gasteiger charge is 2.28. The maximum atomic E-state index is 14.0. The summed E-state index contributed by atoms with van der Waals surface area (Å²) >= 11 is 2.97. The second-order valence-corrected chi connectivity index (χ2v) is 11.5. The lowest BCUT2D eigenvalue weighted by molar-refractivity contribution is -0.114. The SMILES string of the molecule is CSc1ccc(S(=O)(=O)N(CC(=O)Nc2ccccc2Sc2ccccc2)c2cccc(F)c2)cc1. The van der Waals surface area contributed by atoms with Crippen molar-refractivity contribution in [3.8, 4) is 0 Å². The van der Waals surface area contributed by atoms with Crippen LogP contribution in [0.2, 0.25) is 0 Å². The van der Waals surface area contributed by atoms with Crippen molar-refractivity contribution < 1.29 is 17.6 Å². The summed E-state index contributed by atoms with van der Waals surface area (Å²) < 4.78 is 42.1. The molecule has 0 saturated carbocycles. The largest absolute Gasteiger partial charge is 0.323 e. The lowest BCUT2D eigenvalue weighted by Gasteiger charge is -2.24. The minimum absolute atomic E-state index is 0.0115. The molecule has 0 unspecified atom stereocenters. The van der Waals surface area contributed by atoms with Crippen LogP contribution in [0.4, 0.5) is 15.8 Å². The lowest BCUT2D eigenvalue weighted by Crippen LogP contribution is -2.38. The van der Waals surface area contributed by atoms with Gasteiger partial charge in [-0.25, -0.2) is 12.8 Å². The molecule has 0 aliphatic rings. The van der Waals surface area contributed by atoms with Gasteiger partial charge in [-0.1, -0.05) is 48.2 Å². The predicted octanol–water partition coefficient (Wildman–Crippen LogP) is 6.53. The Hall–Kier alpha value is -3.27. The van der Waals surface area contributed by atoms with E-state index in [0.717, 1.165) is 25.1 Å². The molecule has 5 nitrogen and oxygen atoms in total. The van der Waals surface area contributed by atoms with Crippen LogP contribution in [0, 0.1) is 5.82 Å². The van der Waals surface area contributed by atoms with E-state index in [1.165, 1.54) is 53.9 Å². The first-order valence-corrected chi connectivity index (χ1v) is 14.4. The van der Waals surface area contributed by atoms with Crippen LogP contribution >= 0.6 is 23.5 Å². The summed E-state index contributed by atoms with van der Waals surface area (Å²) in [6.45, 7) is -0.527. The number of thioether (sulfide) groups is 1. The third-order valence-electron chi connectivity index (χ3n) is 5.16. The van der Waals surface area contributed by atoms with Crippen molar-refractivity contribution in [1.29, 1.82) is 0 Å². The number of rotatable bonds is 9. The van der Waals surface area contributed by atoms with E-state index in [9.17, 15) is 17.6 Å². The maximum Gasteiger partial charge on any atom is 0.264 e. The number of halogens is 1. The molecule has 4 aromatic carbocycles. The fourth-order valence-electron chi connectivity index (χ4n) is 3.42. The molecule has 1 N–H and O–H groups in total. The van der Waals surface area contributed by atoms with Gasteiger partial charge in [0.25, 0.3) is 10.0 Å².